The van der Waals surface area contributed by atoms with Gasteiger partial charge in [0, 0.05) is 65.3 Å². The van der Waals surface area contributed by atoms with Crippen molar-refractivity contribution in [2.75, 3.05) is 60.7 Å². The molecule has 1 saturated heterocycles. The van der Waals surface area contributed by atoms with E-state index < -0.39 is 35.7 Å². The molecule has 1 heterocycles. The molecule has 0 radical (unpaired) electrons. The number of benzene rings is 1. The Morgan fingerprint density at radius 1 is 1.02 bits per heavy atom. The Balaban J connectivity index is 2.40. The maximum Gasteiger partial charge on any atom is 0.407 e. The number of aliphatic hydroxyl groups excluding tert-OH is 1. The quantitative estimate of drug-likeness (QED) is 0.175. The molecule has 0 aromatic heterocycles. The molecule has 1 aliphatic heterocycles. The summed E-state index contributed by atoms with van der Waals surface area (Å²) in [7, 11) is 4.97. The van der Waals surface area contributed by atoms with Crippen LogP contribution in [0.5, 0.6) is 11.5 Å². The van der Waals surface area contributed by atoms with Crippen LogP contribution in [0.3, 0.4) is 0 Å². The first-order valence-corrected chi connectivity index (χ1v) is 17.2. The molecular weight excluding hydrogens is 602 g/mol. The summed E-state index contributed by atoms with van der Waals surface area (Å²) in [5, 5.41) is 18.3. The minimum Gasteiger partial charge on any atom is -0.493 e. The standard InChI is InChI=1S/C36H63N3O8/c1-24(2)25(3)22-29(38-35(42)47-36(5,6)7)33(40)32(27-12-13-30(45-10)31(23-27)46-21-11-20-43-8)26(4)34(41)37-16-19-39-17-14-28(44-9)15-18-39/h12-13,23-26,28-29,32-33,40H,11,14-22H2,1-10H3,(H,37,41)(H,38,42). The fourth-order valence-corrected chi connectivity index (χ4v) is 5.88. The minimum absolute atomic E-state index is 0.173. The van der Waals surface area contributed by atoms with E-state index in [1.807, 2.05) is 19.1 Å². The van der Waals surface area contributed by atoms with Gasteiger partial charge in [0.1, 0.15) is 5.60 Å². The monoisotopic (exact) mass is 665 g/mol. The number of aliphatic hydroxyl groups is 1. The van der Waals surface area contributed by atoms with Crippen molar-refractivity contribution in [1.82, 2.24) is 15.5 Å². The lowest BCUT2D eigenvalue weighted by molar-refractivity contribution is -0.126. The zero-order chi connectivity index (χ0) is 35.1. The summed E-state index contributed by atoms with van der Waals surface area (Å²) in [5.74, 6) is 0.0454. The first-order valence-electron chi connectivity index (χ1n) is 17.2. The average Bonchev–Trinajstić information content (AvgIpc) is 3.02. The van der Waals surface area contributed by atoms with E-state index in [0.29, 0.717) is 61.7 Å². The van der Waals surface area contributed by atoms with Crippen LogP contribution in [0.25, 0.3) is 0 Å². The molecule has 0 spiro atoms. The van der Waals surface area contributed by atoms with Gasteiger partial charge in [0.25, 0.3) is 0 Å². The van der Waals surface area contributed by atoms with Crippen molar-refractivity contribution >= 4 is 12.0 Å². The number of rotatable bonds is 19. The summed E-state index contributed by atoms with van der Waals surface area (Å²) in [4.78, 5) is 29.2. The maximum absolute atomic E-state index is 13.8. The third kappa shape index (κ3) is 13.8. The number of alkyl carbamates (subject to hydrolysis) is 1. The van der Waals surface area contributed by atoms with Gasteiger partial charge < -0.3 is 44.3 Å². The Hall–Kier alpha value is -2.60. The number of nitrogens with one attached hydrogen (secondary N) is 2. The van der Waals surface area contributed by atoms with E-state index in [9.17, 15) is 14.7 Å². The van der Waals surface area contributed by atoms with Crippen LogP contribution >= 0.6 is 0 Å². The Labute approximate surface area is 283 Å². The molecule has 270 valence electrons. The van der Waals surface area contributed by atoms with E-state index in [-0.39, 0.29) is 11.8 Å². The lowest BCUT2D eigenvalue weighted by Crippen LogP contribution is -2.51. The van der Waals surface area contributed by atoms with Gasteiger partial charge in [-0.3, -0.25) is 4.79 Å². The number of piperidine rings is 1. The molecule has 3 N–H and O–H groups in total. The van der Waals surface area contributed by atoms with Gasteiger partial charge in [-0.05, 0) is 69.6 Å². The Morgan fingerprint density at radius 3 is 2.28 bits per heavy atom. The summed E-state index contributed by atoms with van der Waals surface area (Å²) in [6.07, 6.45) is 1.70. The van der Waals surface area contributed by atoms with E-state index in [1.165, 1.54) is 0 Å². The number of hydrogen-bond acceptors (Lipinski definition) is 9. The smallest absolute Gasteiger partial charge is 0.407 e. The molecule has 11 nitrogen and oxygen atoms in total. The van der Waals surface area contributed by atoms with E-state index in [1.54, 1.807) is 48.2 Å². The third-order valence-corrected chi connectivity index (χ3v) is 9.12. The number of carbonyl (C=O) groups excluding carboxylic acids is 2. The average molecular weight is 666 g/mol. The predicted molar refractivity (Wildman–Crippen MR) is 184 cm³/mol. The van der Waals surface area contributed by atoms with Crippen molar-refractivity contribution < 1.29 is 38.4 Å². The van der Waals surface area contributed by atoms with Crippen molar-refractivity contribution in [2.45, 2.75) is 104 Å². The van der Waals surface area contributed by atoms with Gasteiger partial charge in [0.15, 0.2) is 11.5 Å². The molecule has 0 saturated carbocycles. The summed E-state index contributed by atoms with van der Waals surface area (Å²) < 4.78 is 27.9. The van der Waals surface area contributed by atoms with Crippen LogP contribution in [0, 0.1) is 17.8 Å². The normalized spacial score (nSPS) is 17.8. The van der Waals surface area contributed by atoms with E-state index in [0.717, 1.165) is 32.5 Å². The third-order valence-electron chi connectivity index (χ3n) is 9.12. The first kappa shape index (κ1) is 40.6. The summed E-state index contributed by atoms with van der Waals surface area (Å²) in [5.41, 5.74) is -0.00260. The van der Waals surface area contributed by atoms with Crippen molar-refractivity contribution in [2.24, 2.45) is 17.8 Å². The Kier molecular flexibility index (Phi) is 17.3. The lowest BCUT2D eigenvalue weighted by Gasteiger charge is -2.36. The zero-order valence-corrected chi connectivity index (χ0v) is 30.6. The number of methoxy groups -OCH3 is 3. The highest BCUT2D eigenvalue weighted by atomic mass is 16.6. The minimum atomic E-state index is -1.12. The van der Waals surface area contributed by atoms with Gasteiger partial charge >= 0.3 is 6.09 Å². The number of hydrogen-bond donors (Lipinski definition) is 3. The second kappa shape index (κ2) is 20.0. The molecule has 5 atom stereocenters. The molecule has 2 amide bonds. The molecule has 0 bridgehead atoms. The Morgan fingerprint density at radius 2 is 1.70 bits per heavy atom. The van der Waals surface area contributed by atoms with Gasteiger partial charge in [-0.25, -0.2) is 4.79 Å². The van der Waals surface area contributed by atoms with Gasteiger partial charge in [-0.2, -0.15) is 0 Å². The summed E-state index contributed by atoms with van der Waals surface area (Å²) >= 11 is 0. The highest BCUT2D eigenvalue weighted by Crippen LogP contribution is 2.37. The topological polar surface area (TPSA) is 128 Å². The molecule has 11 heteroatoms. The molecule has 2 rings (SSSR count). The van der Waals surface area contributed by atoms with Crippen LogP contribution in [0.2, 0.25) is 0 Å². The molecular formula is C36H63N3O8. The van der Waals surface area contributed by atoms with Crippen LogP contribution in [0.15, 0.2) is 18.2 Å². The second-order valence-corrected chi connectivity index (χ2v) is 14.2. The fourth-order valence-electron chi connectivity index (χ4n) is 5.88. The van der Waals surface area contributed by atoms with Gasteiger partial charge in [0.2, 0.25) is 5.91 Å². The van der Waals surface area contributed by atoms with Crippen molar-refractivity contribution in [3.05, 3.63) is 23.8 Å². The van der Waals surface area contributed by atoms with Crippen LogP contribution < -0.4 is 20.1 Å². The fraction of sp³-hybridized carbons (Fsp3) is 0.778. The van der Waals surface area contributed by atoms with Crippen LogP contribution in [0.4, 0.5) is 4.79 Å². The van der Waals surface area contributed by atoms with Gasteiger partial charge in [-0.15, -0.1) is 0 Å². The number of carbonyl (C=O) groups is 2. The van der Waals surface area contributed by atoms with Gasteiger partial charge in [-0.1, -0.05) is 33.8 Å². The van der Waals surface area contributed by atoms with E-state index >= 15 is 0 Å². The molecule has 1 aromatic carbocycles. The second-order valence-electron chi connectivity index (χ2n) is 14.2. The van der Waals surface area contributed by atoms with Crippen LogP contribution in [0.1, 0.15) is 85.6 Å². The molecule has 1 fully saturated rings. The highest BCUT2D eigenvalue weighted by molar-refractivity contribution is 5.79. The number of nitrogens with zero attached hydrogens (tertiary/aromatic N) is 1. The Bertz CT molecular complexity index is 1070. The van der Waals surface area contributed by atoms with Crippen molar-refractivity contribution in [1.29, 1.82) is 0 Å². The molecule has 47 heavy (non-hydrogen) atoms. The van der Waals surface area contributed by atoms with Crippen LogP contribution in [-0.2, 0) is 19.0 Å². The maximum atomic E-state index is 13.8. The van der Waals surface area contributed by atoms with Crippen LogP contribution in [-0.4, -0.2) is 107 Å². The van der Waals surface area contributed by atoms with Crippen molar-refractivity contribution in [3.8, 4) is 11.5 Å². The highest BCUT2D eigenvalue weighted by Gasteiger charge is 2.38. The molecule has 1 aromatic rings. The number of likely N-dealkylation sites (tertiary alicyclic amines) is 1. The number of amides is 2. The van der Waals surface area contributed by atoms with Gasteiger partial charge in [0.05, 0.1) is 32.0 Å². The SMILES string of the molecule is COCCCOc1cc(C(C(C)C(=O)NCCN2CCC(OC)CC2)C(O)C(CC(C)C(C)C)NC(=O)OC(C)(C)C)ccc1OC. The predicted octanol–water partition coefficient (Wildman–Crippen LogP) is 4.99. The molecule has 1 aliphatic rings. The zero-order valence-electron chi connectivity index (χ0n) is 30.6. The number of ether oxygens (including phenoxy) is 5. The largest absolute Gasteiger partial charge is 0.493 e. The molecule has 5 unspecified atom stereocenters. The van der Waals surface area contributed by atoms with E-state index in [2.05, 4.69) is 36.3 Å². The molecule has 0 aliphatic carbocycles. The lowest BCUT2D eigenvalue weighted by atomic mass is 9.77. The first-order chi connectivity index (χ1) is 22.2. The van der Waals surface area contributed by atoms with E-state index in [4.69, 9.17) is 23.7 Å². The summed E-state index contributed by atoms with van der Waals surface area (Å²) in [6.45, 7) is 17.6. The summed E-state index contributed by atoms with van der Waals surface area (Å²) in [6, 6.07) is 4.80. The van der Waals surface area contributed by atoms with Crippen molar-refractivity contribution in [3.63, 3.8) is 0 Å².